The van der Waals surface area contributed by atoms with Crippen LogP contribution in [0.1, 0.15) is 6.92 Å². The zero-order chi connectivity index (χ0) is 6.95. The standard InChI is InChI=1S/C8H13N/c1-2-3-4-5-6-7-8-9/h2-7H,8-9H2,1H3/b3-2-,5-4-,7-6-. The SMILES string of the molecule is C\C=C/C=C\C=C/CN. The van der Waals surface area contributed by atoms with Crippen LogP contribution < -0.4 is 5.73 Å². The van der Waals surface area contributed by atoms with E-state index in [9.17, 15) is 0 Å². The molecule has 0 aliphatic rings. The summed E-state index contributed by atoms with van der Waals surface area (Å²) in [7, 11) is 0. The zero-order valence-corrected chi connectivity index (χ0v) is 5.75. The third-order valence-corrected chi connectivity index (χ3v) is 0.798. The van der Waals surface area contributed by atoms with Crippen LogP contribution in [0.2, 0.25) is 0 Å². The fourth-order valence-corrected chi connectivity index (χ4v) is 0.397. The van der Waals surface area contributed by atoms with E-state index in [1.54, 1.807) is 0 Å². The van der Waals surface area contributed by atoms with Gasteiger partial charge in [-0.2, -0.15) is 0 Å². The van der Waals surface area contributed by atoms with Crippen LogP contribution >= 0.6 is 0 Å². The average molecular weight is 123 g/mol. The summed E-state index contributed by atoms with van der Waals surface area (Å²) < 4.78 is 0. The highest BCUT2D eigenvalue weighted by Crippen LogP contribution is 1.77. The van der Waals surface area contributed by atoms with Gasteiger partial charge in [0.2, 0.25) is 0 Å². The summed E-state index contributed by atoms with van der Waals surface area (Å²) in [5.41, 5.74) is 5.20. The minimum atomic E-state index is 0.611. The summed E-state index contributed by atoms with van der Waals surface area (Å²) in [5, 5.41) is 0. The van der Waals surface area contributed by atoms with E-state index in [4.69, 9.17) is 5.73 Å². The van der Waals surface area contributed by atoms with Crippen molar-refractivity contribution in [3.05, 3.63) is 36.5 Å². The zero-order valence-electron chi connectivity index (χ0n) is 5.75. The third-order valence-electron chi connectivity index (χ3n) is 0.798. The van der Waals surface area contributed by atoms with Crippen molar-refractivity contribution < 1.29 is 0 Å². The predicted molar refractivity (Wildman–Crippen MR) is 42.1 cm³/mol. The highest BCUT2D eigenvalue weighted by Gasteiger charge is 1.60. The first-order chi connectivity index (χ1) is 4.41. The Balaban J connectivity index is 3.35. The molecule has 0 aliphatic heterocycles. The lowest BCUT2D eigenvalue weighted by molar-refractivity contribution is 1.25. The molecule has 0 radical (unpaired) electrons. The molecule has 9 heavy (non-hydrogen) atoms. The molecular weight excluding hydrogens is 110 g/mol. The number of hydrogen-bond acceptors (Lipinski definition) is 1. The number of rotatable bonds is 3. The van der Waals surface area contributed by atoms with Gasteiger partial charge in [0, 0.05) is 6.54 Å². The molecule has 0 saturated carbocycles. The minimum absolute atomic E-state index is 0.611. The van der Waals surface area contributed by atoms with Crippen LogP contribution in [0, 0.1) is 0 Å². The fourth-order valence-electron chi connectivity index (χ4n) is 0.397. The molecule has 0 atom stereocenters. The summed E-state index contributed by atoms with van der Waals surface area (Å²) in [5.74, 6) is 0. The van der Waals surface area contributed by atoms with Gasteiger partial charge < -0.3 is 5.73 Å². The molecule has 0 saturated heterocycles. The lowest BCUT2D eigenvalue weighted by atomic mass is 10.4. The van der Waals surface area contributed by atoms with Crippen molar-refractivity contribution in [2.24, 2.45) is 5.73 Å². The number of nitrogens with two attached hydrogens (primary N) is 1. The maximum atomic E-state index is 5.20. The first-order valence-corrected chi connectivity index (χ1v) is 3.06. The van der Waals surface area contributed by atoms with Crippen molar-refractivity contribution in [2.45, 2.75) is 6.92 Å². The first kappa shape index (κ1) is 8.18. The Morgan fingerprint density at radius 3 is 2.33 bits per heavy atom. The molecule has 0 aromatic rings. The van der Waals surface area contributed by atoms with E-state index < -0.39 is 0 Å². The van der Waals surface area contributed by atoms with Crippen LogP contribution in [0.5, 0.6) is 0 Å². The number of allylic oxidation sites excluding steroid dienone is 5. The summed E-state index contributed by atoms with van der Waals surface area (Å²) in [6.45, 7) is 2.59. The van der Waals surface area contributed by atoms with E-state index in [2.05, 4.69) is 0 Å². The van der Waals surface area contributed by atoms with Gasteiger partial charge in [0.05, 0.1) is 0 Å². The van der Waals surface area contributed by atoms with E-state index in [0.29, 0.717) is 6.54 Å². The fraction of sp³-hybridized carbons (Fsp3) is 0.250. The van der Waals surface area contributed by atoms with E-state index in [-0.39, 0.29) is 0 Å². The van der Waals surface area contributed by atoms with Gasteiger partial charge >= 0.3 is 0 Å². The predicted octanol–water partition coefficient (Wildman–Crippen LogP) is 1.63. The molecule has 0 fully saturated rings. The van der Waals surface area contributed by atoms with Gasteiger partial charge in [-0.1, -0.05) is 36.5 Å². The second-order valence-corrected chi connectivity index (χ2v) is 1.57. The van der Waals surface area contributed by atoms with E-state index in [1.807, 2.05) is 43.4 Å². The molecule has 2 N–H and O–H groups in total. The van der Waals surface area contributed by atoms with Gasteiger partial charge in [-0.05, 0) is 6.92 Å². The molecule has 0 spiro atoms. The Morgan fingerprint density at radius 2 is 1.78 bits per heavy atom. The second kappa shape index (κ2) is 7.18. The quantitative estimate of drug-likeness (QED) is 0.567. The van der Waals surface area contributed by atoms with Crippen molar-refractivity contribution in [3.8, 4) is 0 Å². The Kier molecular flexibility index (Phi) is 6.53. The molecule has 1 heteroatoms. The van der Waals surface area contributed by atoms with Crippen LogP contribution in [0.25, 0.3) is 0 Å². The molecule has 0 bridgehead atoms. The summed E-state index contributed by atoms with van der Waals surface area (Å²) in [6, 6.07) is 0. The van der Waals surface area contributed by atoms with Gasteiger partial charge in [-0.15, -0.1) is 0 Å². The van der Waals surface area contributed by atoms with Crippen molar-refractivity contribution in [1.82, 2.24) is 0 Å². The van der Waals surface area contributed by atoms with Gasteiger partial charge in [-0.3, -0.25) is 0 Å². The molecule has 0 amide bonds. The molecule has 0 unspecified atom stereocenters. The topological polar surface area (TPSA) is 26.0 Å². The lowest BCUT2D eigenvalue weighted by Crippen LogP contribution is -1.91. The van der Waals surface area contributed by atoms with Gasteiger partial charge in [-0.25, -0.2) is 0 Å². The van der Waals surface area contributed by atoms with Crippen LogP contribution in [-0.2, 0) is 0 Å². The summed E-state index contributed by atoms with van der Waals surface area (Å²) in [4.78, 5) is 0. The Bertz CT molecular complexity index is 121. The second-order valence-electron chi connectivity index (χ2n) is 1.57. The van der Waals surface area contributed by atoms with Gasteiger partial charge in [0.1, 0.15) is 0 Å². The molecule has 50 valence electrons. The Hall–Kier alpha value is -0.820. The summed E-state index contributed by atoms with van der Waals surface area (Å²) in [6.07, 6.45) is 11.7. The third kappa shape index (κ3) is 7.18. The smallest absolute Gasteiger partial charge is 0.0109 e. The Labute approximate surface area is 56.6 Å². The molecular formula is C8H13N. The van der Waals surface area contributed by atoms with Crippen molar-refractivity contribution >= 4 is 0 Å². The molecule has 0 heterocycles. The van der Waals surface area contributed by atoms with Gasteiger partial charge in [0.25, 0.3) is 0 Å². The molecule has 1 nitrogen and oxygen atoms in total. The minimum Gasteiger partial charge on any atom is -0.327 e. The molecule has 0 rings (SSSR count). The largest absolute Gasteiger partial charge is 0.327 e. The van der Waals surface area contributed by atoms with Crippen LogP contribution in [0.4, 0.5) is 0 Å². The maximum Gasteiger partial charge on any atom is 0.0109 e. The highest BCUT2D eigenvalue weighted by molar-refractivity contribution is 5.10. The molecule has 0 aromatic carbocycles. The van der Waals surface area contributed by atoms with E-state index in [0.717, 1.165) is 0 Å². The van der Waals surface area contributed by atoms with Crippen LogP contribution in [-0.4, -0.2) is 6.54 Å². The van der Waals surface area contributed by atoms with Crippen LogP contribution in [0.3, 0.4) is 0 Å². The van der Waals surface area contributed by atoms with E-state index in [1.165, 1.54) is 0 Å². The average Bonchev–Trinajstić information content (AvgIpc) is 1.89. The first-order valence-electron chi connectivity index (χ1n) is 3.06. The van der Waals surface area contributed by atoms with Crippen molar-refractivity contribution in [1.29, 1.82) is 0 Å². The molecule has 0 aliphatic carbocycles. The van der Waals surface area contributed by atoms with Crippen LogP contribution in [0.15, 0.2) is 36.5 Å². The van der Waals surface area contributed by atoms with Crippen molar-refractivity contribution in [2.75, 3.05) is 6.54 Å². The monoisotopic (exact) mass is 123 g/mol. The molecule has 0 aromatic heterocycles. The van der Waals surface area contributed by atoms with E-state index >= 15 is 0 Å². The maximum absolute atomic E-state index is 5.20. The summed E-state index contributed by atoms with van der Waals surface area (Å²) >= 11 is 0. The van der Waals surface area contributed by atoms with Gasteiger partial charge in [0.15, 0.2) is 0 Å². The van der Waals surface area contributed by atoms with Crippen molar-refractivity contribution in [3.63, 3.8) is 0 Å². The Morgan fingerprint density at radius 1 is 1.11 bits per heavy atom. The highest BCUT2D eigenvalue weighted by atomic mass is 14.5. The number of hydrogen-bond donors (Lipinski definition) is 1. The normalized spacial score (nSPS) is 12.7. The lowest BCUT2D eigenvalue weighted by Gasteiger charge is -1.73.